The molecule has 0 amide bonds. The Balaban J connectivity index is 2.71. The molecule has 0 saturated carbocycles. The molecule has 0 saturated heterocycles. The molecule has 2 aromatic heterocycles. The van der Waals surface area contributed by atoms with Crippen LogP contribution in [-0.2, 0) is 0 Å². The van der Waals surface area contributed by atoms with Gasteiger partial charge in [-0.2, -0.15) is 0 Å². The van der Waals surface area contributed by atoms with Gasteiger partial charge in [0.25, 0.3) is 0 Å². The molecule has 0 bridgehead atoms. The van der Waals surface area contributed by atoms with E-state index in [1.54, 1.807) is 4.57 Å². The molecule has 0 unspecified atom stereocenters. The zero-order valence-corrected chi connectivity index (χ0v) is 10.3. The summed E-state index contributed by atoms with van der Waals surface area (Å²) >= 11 is 0. The van der Waals surface area contributed by atoms with Gasteiger partial charge in [0.1, 0.15) is 0 Å². The standard InChI is InChI=1S/C12H15N3O3/c1-3-8(4-2)15-9-5-7(11(16)17)6-13-10(9)14-12(15)18/h5-6,8H,3-4H2,1-2H3,(H,16,17)(H,13,14,18). The molecule has 0 aliphatic heterocycles. The summed E-state index contributed by atoms with van der Waals surface area (Å²) in [6.45, 7) is 3.99. The summed E-state index contributed by atoms with van der Waals surface area (Å²) in [7, 11) is 0. The van der Waals surface area contributed by atoms with Crippen molar-refractivity contribution >= 4 is 17.1 Å². The topological polar surface area (TPSA) is 88.0 Å². The van der Waals surface area contributed by atoms with Gasteiger partial charge in [0, 0.05) is 12.2 Å². The van der Waals surface area contributed by atoms with Gasteiger partial charge < -0.3 is 5.11 Å². The number of nitrogens with zero attached hydrogens (tertiary/aromatic N) is 2. The highest BCUT2D eigenvalue weighted by Gasteiger charge is 2.16. The first kappa shape index (κ1) is 12.3. The highest BCUT2D eigenvalue weighted by atomic mass is 16.4. The van der Waals surface area contributed by atoms with Gasteiger partial charge in [0.2, 0.25) is 0 Å². The maximum atomic E-state index is 11.9. The van der Waals surface area contributed by atoms with E-state index in [0.717, 1.165) is 12.8 Å². The zero-order valence-electron chi connectivity index (χ0n) is 10.3. The van der Waals surface area contributed by atoms with Gasteiger partial charge in [-0.25, -0.2) is 14.6 Å². The molecule has 6 nitrogen and oxygen atoms in total. The summed E-state index contributed by atoms with van der Waals surface area (Å²) in [6.07, 6.45) is 2.86. The first-order chi connectivity index (χ1) is 8.58. The van der Waals surface area contributed by atoms with Crippen LogP contribution in [0.1, 0.15) is 43.1 Å². The molecule has 2 aromatic rings. The van der Waals surface area contributed by atoms with Crippen LogP contribution < -0.4 is 5.69 Å². The highest BCUT2D eigenvalue weighted by molar-refractivity contribution is 5.90. The van der Waals surface area contributed by atoms with Crippen molar-refractivity contribution in [2.24, 2.45) is 0 Å². The largest absolute Gasteiger partial charge is 0.478 e. The van der Waals surface area contributed by atoms with Crippen LogP contribution in [-0.4, -0.2) is 25.6 Å². The van der Waals surface area contributed by atoms with E-state index in [2.05, 4.69) is 9.97 Å². The maximum absolute atomic E-state index is 11.9. The maximum Gasteiger partial charge on any atom is 0.337 e. The Labute approximate surface area is 103 Å². The lowest BCUT2D eigenvalue weighted by molar-refractivity contribution is 0.0696. The summed E-state index contributed by atoms with van der Waals surface area (Å²) in [4.78, 5) is 29.5. The number of aromatic amines is 1. The second-order valence-electron chi connectivity index (χ2n) is 4.17. The highest BCUT2D eigenvalue weighted by Crippen LogP contribution is 2.19. The number of rotatable bonds is 4. The zero-order chi connectivity index (χ0) is 13.3. The van der Waals surface area contributed by atoms with E-state index >= 15 is 0 Å². The van der Waals surface area contributed by atoms with Gasteiger partial charge in [0.15, 0.2) is 5.65 Å². The van der Waals surface area contributed by atoms with Crippen molar-refractivity contribution < 1.29 is 9.90 Å². The molecule has 2 N–H and O–H groups in total. The SMILES string of the molecule is CCC(CC)n1c(=O)[nH]c2ncc(C(=O)O)cc21. The molecule has 96 valence electrons. The number of fused-ring (bicyclic) bond motifs is 1. The lowest BCUT2D eigenvalue weighted by atomic mass is 10.1. The molecular weight excluding hydrogens is 234 g/mol. The van der Waals surface area contributed by atoms with Crippen LogP contribution in [0.15, 0.2) is 17.1 Å². The van der Waals surface area contributed by atoms with Gasteiger partial charge in [-0.15, -0.1) is 0 Å². The number of hydrogen-bond acceptors (Lipinski definition) is 3. The van der Waals surface area contributed by atoms with Gasteiger partial charge in [-0.3, -0.25) is 9.55 Å². The van der Waals surface area contributed by atoms with Crippen molar-refractivity contribution in [2.75, 3.05) is 0 Å². The second kappa shape index (κ2) is 4.64. The predicted octanol–water partition coefficient (Wildman–Crippen LogP) is 1.78. The van der Waals surface area contributed by atoms with Crippen LogP contribution in [0.5, 0.6) is 0 Å². The van der Waals surface area contributed by atoms with E-state index in [-0.39, 0.29) is 17.3 Å². The van der Waals surface area contributed by atoms with Crippen molar-refractivity contribution in [2.45, 2.75) is 32.7 Å². The quantitative estimate of drug-likeness (QED) is 0.864. The summed E-state index contributed by atoms with van der Waals surface area (Å²) in [6, 6.07) is 1.54. The molecule has 0 spiro atoms. The molecule has 6 heteroatoms. The Kier molecular flexibility index (Phi) is 3.18. The van der Waals surface area contributed by atoms with Crippen molar-refractivity contribution in [3.63, 3.8) is 0 Å². The smallest absolute Gasteiger partial charge is 0.337 e. The number of nitrogens with one attached hydrogen (secondary N) is 1. The van der Waals surface area contributed by atoms with Crippen LogP contribution in [0.3, 0.4) is 0 Å². The van der Waals surface area contributed by atoms with Crippen LogP contribution >= 0.6 is 0 Å². The molecular formula is C12H15N3O3. The number of carbonyl (C=O) groups is 1. The minimum Gasteiger partial charge on any atom is -0.478 e. The number of pyridine rings is 1. The number of hydrogen-bond donors (Lipinski definition) is 2. The Morgan fingerprint density at radius 1 is 1.50 bits per heavy atom. The molecule has 18 heavy (non-hydrogen) atoms. The third-order valence-corrected chi connectivity index (χ3v) is 3.13. The number of H-pyrrole nitrogens is 1. The normalized spacial score (nSPS) is 11.3. The first-order valence-electron chi connectivity index (χ1n) is 5.92. The minimum atomic E-state index is -1.05. The van der Waals surface area contributed by atoms with Gasteiger partial charge in [-0.05, 0) is 18.9 Å². The summed E-state index contributed by atoms with van der Waals surface area (Å²) in [5.41, 5.74) is 0.820. The van der Waals surface area contributed by atoms with Crippen LogP contribution in [0.25, 0.3) is 11.2 Å². The molecule has 0 aliphatic rings. The fraction of sp³-hybridized carbons (Fsp3) is 0.417. The summed E-state index contributed by atoms with van der Waals surface area (Å²) in [5.74, 6) is -1.05. The fourth-order valence-corrected chi connectivity index (χ4v) is 2.14. The van der Waals surface area contributed by atoms with Crippen molar-refractivity contribution in [1.82, 2.24) is 14.5 Å². The Morgan fingerprint density at radius 2 is 2.17 bits per heavy atom. The average molecular weight is 249 g/mol. The van der Waals surface area contributed by atoms with Gasteiger partial charge in [-0.1, -0.05) is 13.8 Å². The molecule has 2 heterocycles. The van der Waals surface area contributed by atoms with Crippen molar-refractivity contribution in [3.05, 3.63) is 28.3 Å². The number of carboxylic acid groups (broad SMARTS) is 1. The molecule has 2 rings (SSSR count). The van der Waals surface area contributed by atoms with Crippen LogP contribution in [0, 0.1) is 0 Å². The molecule has 0 aliphatic carbocycles. The number of aromatic nitrogens is 3. The Morgan fingerprint density at radius 3 is 2.72 bits per heavy atom. The minimum absolute atomic E-state index is 0.0529. The number of aromatic carboxylic acids is 1. The van der Waals surface area contributed by atoms with Gasteiger partial charge in [0.05, 0.1) is 11.1 Å². The van der Waals surface area contributed by atoms with E-state index in [4.69, 9.17) is 5.11 Å². The summed E-state index contributed by atoms with van der Waals surface area (Å²) < 4.78 is 1.59. The third-order valence-electron chi connectivity index (χ3n) is 3.13. The molecule has 0 fully saturated rings. The average Bonchev–Trinajstić information content (AvgIpc) is 2.67. The summed E-state index contributed by atoms with van der Waals surface area (Å²) in [5, 5.41) is 8.96. The molecule has 0 atom stereocenters. The van der Waals surface area contributed by atoms with Crippen molar-refractivity contribution in [3.8, 4) is 0 Å². The molecule has 0 radical (unpaired) electrons. The number of carboxylic acids is 1. The predicted molar refractivity (Wildman–Crippen MR) is 66.9 cm³/mol. The monoisotopic (exact) mass is 249 g/mol. The fourth-order valence-electron chi connectivity index (χ4n) is 2.14. The van der Waals surface area contributed by atoms with Crippen LogP contribution in [0.2, 0.25) is 0 Å². The van der Waals surface area contributed by atoms with E-state index < -0.39 is 5.97 Å². The van der Waals surface area contributed by atoms with Gasteiger partial charge >= 0.3 is 11.7 Å². The van der Waals surface area contributed by atoms with Crippen LogP contribution in [0.4, 0.5) is 0 Å². The first-order valence-corrected chi connectivity index (χ1v) is 5.92. The number of imidazole rings is 1. The van der Waals surface area contributed by atoms with Crippen molar-refractivity contribution in [1.29, 1.82) is 0 Å². The van der Waals surface area contributed by atoms with E-state index in [1.165, 1.54) is 12.3 Å². The molecule has 0 aromatic carbocycles. The lowest BCUT2D eigenvalue weighted by Crippen LogP contribution is -2.21. The van der Waals surface area contributed by atoms with E-state index in [9.17, 15) is 9.59 Å². The Bertz CT molecular complexity index is 638. The third kappa shape index (κ3) is 1.90. The Hall–Kier alpha value is -2.11. The van der Waals surface area contributed by atoms with E-state index in [1.807, 2.05) is 13.8 Å². The second-order valence-corrected chi connectivity index (χ2v) is 4.17. The van der Waals surface area contributed by atoms with E-state index in [0.29, 0.717) is 11.2 Å². The lowest BCUT2D eigenvalue weighted by Gasteiger charge is -2.14.